The van der Waals surface area contributed by atoms with E-state index in [1.165, 1.54) is 0 Å². The van der Waals surface area contributed by atoms with Gasteiger partial charge in [-0.05, 0) is 39.3 Å². The van der Waals surface area contributed by atoms with E-state index >= 15 is 0 Å². The van der Waals surface area contributed by atoms with E-state index in [0.717, 1.165) is 17.0 Å². The third kappa shape index (κ3) is 1.96. The van der Waals surface area contributed by atoms with Gasteiger partial charge in [0.2, 0.25) is 0 Å². The van der Waals surface area contributed by atoms with E-state index in [9.17, 15) is 0 Å². The Bertz CT molecular complexity index is 494. The van der Waals surface area contributed by atoms with Gasteiger partial charge in [0.25, 0.3) is 0 Å². The highest BCUT2D eigenvalue weighted by atomic mass is 15.3. The second kappa shape index (κ2) is 3.70. The topological polar surface area (TPSA) is 43.6 Å². The predicted molar refractivity (Wildman–Crippen MR) is 63.0 cm³/mol. The molecule has 0 radical (unpaired) electrons. The molecule has 4 heteroatoms. The van der Waals surface area contributed by atoms with Gasteiger partial charge in [-0.15, -0.1) is 10.2 Å². The quantitative estimate of drug-likeness (QED) is 0.735. The van der Waals surface area contributed by atoms with Gasteiger partial charge >= 0.3 is 0 Å². The summed E-state index contributed by atoms with van der Waals surface area (Å²) in [6, 6.07) is 2.07. The van der Waals surface area contributed by atoms with Crippen molar-refractivity contribution in [3.63, 3.8) is 0 Å². The van der Waals surface area contributed by atoms with E-state index < -0.39 is 0 Å². The summed E-state index contributed by atoms with van der Waals surface area (Å²) in [5.74, 6) is 0.865. The zero-order valence-electron chi connectivity index (χ0n) is 10.1. The molecule has 2 rings (SSSR count). The second-order valence-electron chi connectivity index (χ2n) is 4.95. The fourth-order valence-electron chi connectivity index (χ4n) is 1.60. The molecule has 4 nitrogen and oxygen atoms in total. The molecule has 2 heterocycles. The van der Waals surface area contributed by atoms with Crippen LogP contribution in [0.3, 0.4) is 0 Å². The van der Waals surface area contributed by atoms with Gasteiger partial charge in [-0.2, -0.15) is 0 Å². The maximum Gasteiger partial charge on any atom is 0.165 e. The molecule has 0 aliphatic heterocycles. The Labute approximate surface area is 95.4 Å². The standard InChI is InChI=1S/C12H16N4/c1-9-5-10(7-13-6-9)11-15-14-8-16(11)12(2,3)4/h5-8H,1-4H3. The Balaban J connectivity index is 2.53. The van der Waals surface area contributed by atoms with Crippen LogP contribution >= 0.6 is 0 Å². The van der Waals surface area contributed by atoms with Gasteiger partial charge in [0.05, 0.1) is 0 Å². The van der Waals surface area contributed by atoms with Crippen molar-refractivity contribution in [3.05, 3.63) is 30.4 Å². The number of hydrogen-bond donors (Lipinski definition) is 0. The molecule has 16 heavy (non-hydrogen) atoms. The molecule has 0 N–H and O–H groups in total. The first kappa shape index (κ1) is 10.8. The molecule has 84 valence electrons. The van der Waals surface area contributed by atoms with Crippen LogP contribution in [0.4, 0.5) is 0 Å². The third-order valence-electron chi connectivity index (χ3n) is 2.40. The molecule has 0 saturated carbocycles. The normalized spacial score (nSPS) is 11.8. The zero-order valence-corrected chi connectivity index (χ0v) is 10.1. The van der Waals surface area contributed by atoms with Gasteiger partial charge in [-0.3, -0.25) is 4.98 Å². The van der Waals surface area contributed by atoms with Crippen LogP contribution in [0.15, 0.2) is 24.8 Å². The summed E-state index contributed by atoms with van der Waals surface area (Å²) in [5.41, 5.74) is 2.11. The molecule has 0 aliphatic rings. The summed E-state index contributed by atoms with van der Waals surface area (Å²) in [6.07, 6.45) is 5.41. The monoisotopic (exact) mass is 216 g/mol. The lowest BCUT2D eigenvalue weighted by atomic mass is 10.1. The number of nitrogens with zero attached hydrogens (tertiary/aromatic N) is 4. The zero-order chi connectivity index (χ0) is 11.8. The van der Waals surface area contributed by atoms with Crippen LogP contribution in [0, 0.1) is 6.92 Å². The molecule has 0 aromatic carbocycles. The average Bonchev–Trinajstić information content (AvgIpc) is 2.65. The summed E-state index contributed by atoms with van der Waals surface area (Å²) in [7, 11) is 0. The Hall–Kier alpha value is -1.71. The number of rotatable bonds is 1. The van der Waals surface area contributed by atoms with Crippen LogP contribution in [0.2, 0.25) is 0 Å². The van der Waals surface area contributed by atoms with Crippen molar-refractivity contribution in [3.8, 4) is 11.4 Å². The van der Waals surface area contributed by atoms with E-state index in [0.29, 0.717) is 0 Å². The second-order valence-corrected chi connectivity index (χ2v) is 4.95. The SMILES string of the molecule is Cc1cncc(-c2nncn2C(C)(C)C)c1. The molecule has 0 aliphatic carbocycles. The fourth-order valence-corrected chi connectivity index (χ4v) is 1.60. The summed E-state index contributed by atoms with van der Waals surface area (Å²) >= 11 is 0. The molecule has 0 saturated heterocycles. The summed E-state index contributed by atoms with van der Waals surface area (Å²) in [6.45, 7) is 8.41. The first-order valence-electron chi connectivity index (χ1n) is 5.31. The van der Waals surface area contributed by atoms with Crippen LogP contribution < -0.4 is 0 Å². The maximum atomic E-state index is 4.18. The number of pyridine rings is 1. The summed E-state index contributed by atoms with van der Waals surface area (Å²) in [5, 5.41) is 8.15. The molecule has 2 aromatic rings. The molecule has 0 unspecified atom stereocenters. The van der Waals surface area contributed by atoms with Gasteiger partial charge in [-0.1, -0.05) is 0 Å². The minimum Gasteiger partial charge on any atom is -0.308 e. The van der Waals surface area contributed by atoms with Crippen molar-refractivity contribution in [1.82, 2.24) is 19.7 Å². The van der Waals surface area contributed by atoms with Gasteiger partial charge in [-0.25, -0.2) is 0 Å². The van der Waals surface area contributed by atoms with E-state index in [1.807, 2.05) is 19.3 Å². The lowest BCUT2D eigenvalue weighted by Crippen LogP contribution is -2.21. The first-order valence-corrected chi connectivity index (χ1v) is 5.31. The highest BCUT2D eigenvalue weighted by Crippen LogP contribution is 2.23. The third-order valence-corrected chi connectivity index (χ3v) is 2.40. The lowest BCUT2D eigenvalue weighted by molar-refractivity contribution is 0.399. The van der Waals surface area contributed by atoms with E-state index in [4.69, 9.17) is 0 Å². The molecule has 0 atom stereocenters. The van der Waals surface area contributed by atoms with Crippen LogP contribution in [-0.2, 0) is 5.54 Å². The smallest absolute Gasteiger partial charge is 0.165 e. The van der Waals surface area contributed by atoms with E-state index in [1.54, 1.807) is 6.33 Å². The van der Waals surface area contributed by atoms with Crippen molar-refractivity contribution in [1.29, 1.82) is 0 Å². The minimum absolute atomic E-state index is 0.0252. The number of aromatic nitrogens is 4. The van der Waals surface area contributed by atoms with Crippen LogP contribution in [-0.4, -0.2) is 19.7 Å². The molecule has 2 aromatic heterocycles. The molecule has 0 spiro atoms. The highest BCUT2D eigenvalue weighted by molar-refractivity contribution is 5.54. The van der Waals surface area contributed by atoms with E-state index in [2.05, 4.69) is 46.6 Å². The lowest BCUT2D eigenvalue weighted by Gasteiger charge is -2.22. The summed E-state index contributed by atoms with van der Waals surface area (Å²) < 4.78 is 2.06. The maximum absolute atomic E-state index is 4.18. The van der Waals surface area contributed by atoms with Crippen molar-refractivity contribution < 1.29 is 0 Å². The van der Waals surface area contributed by atoms with Crippen LogP contribution in [0.1, 0.15) is 26.3 Å². The van der Waals surface area contributed by atoms with Gasteiger partial charge in [0.15, 0.2) is 5.82 Å². The Morgan fingerprint density at radius 2 is 1.94 bits per heavy atom. The molecular weight excluding hydrogens is 200 g/mol. The van der Waals surface area contributed by atoms with Gasteiger partial charge in [0, 0.05) is 23.5 Å². The van der Waals surface area contributed by atoms with Crippen molar-refractivity contribution in [2.75, 3.05) is 0 Å². The Morgan fingerprint density at radius 3 is 2.56 bits per heavy atom. The number of aryl methyl sites for hydroxylation is 1. The minimum atomic E-state index is -0.0252. The molecule has 0 fully saturated rings. The van der Waals surface area contributed by atoms with Gasteiger partial charge in [0.1, 0.15) is 6.33 Å². The van der Waals surface area contributed by atoms with Gasteiger partial charge < -0.3 is 4.57 Å². The largest absolute Gasteiger partial charge is 0.308 e. The highest BCUT2D eigenvalue weighted by Gasteiger charge is 2.18. The van der Waals surface area contributed by atoms with Crippen molar-refractivity contribution in [2.24, 2.45) is 0 Å². The van der Waals surface area contributed by atoms with E-state index in [-0.39, 0.29) is 5.54 Å². The molecule has 0 amide bonds. The molecular formula is C12H16N4. The fraction of sp³-hybridized carbons (Fsp3) is 0.417. The Kier molecular flexibility index (Phi) is 2.50. The summed E-state index contributed by atoms with van der Waals surface area (Å²) in [4.78, 5) is 4.18. The predicted octanol–water partition coefficient (Wildman–Crippen LogP) is 2.40. The molecule has 0 bridgehead atoms. The number of hydrogen-bond acceptors (Lipinski definition) is 3. The van der Waals surface area contributed by atoms with Crippen molar-refractivity contribution >= 4 is 0 Å². The van der Waals surface area contributed by atoms with Crippen LogP contribution in [0.5, 0.6) is 0 Å². The first-order chi connectivity index (χ1) is 7.48. The Morgan fingerprint density at radius 1 is 1.19 bits per heavy atom. The van der Waals surface area contributed by atoms with Crippen molar-refractivity contribution in [2.45, 2.75) is 33.2 Å². The van der Waals surface area contributed by atoms with Crippen LogP contribution in [0.25, 0.3) is 11.4 Å². The average molecular weight is 216 g/mol.